The van der Waals surface area contributed by atoms with Gasteiger partial charge in [-0.1, -0.05) is 82.2 Å². The Morgan fingerprint density at radius 2 is 1.66 bits per heavy atom. The van der Waals surface area contributed by atoms with Crippen molar-refractivity contribution in [3.63, 3.8) is 0 Å². The smallest absolute Gasteiger partial charge is 0.405 e. The maximum Gasteiger partial charge on any atom is 0.405 e. The van der Waals surface area contributed by atoms with Gasteiger partial charge in [0.15, 0.2) is 0 Å². The van der Waals surface area contributed by atoms with E-state index in [1.54, 1.807) is 0 Å². The van der Waals surface area contributed by atoms with Crippen LogP contribution < -0.4 is 5.32 Å². The molecule has 2 atom stereocenters. The minimum atomic E-state index is -1.20. The Kier molecular flexibility index (Phi) is 14.1. The van der Waals surface area contributed by atoms with Crippen molar-refractivity contribution in [2.24, 2.45) is 0 Å². The number of unbranched alkanes of at least 4 members (excludes halogenated alkanes) is 7. The second-order valence-corrected chi connectivity index (χ2v) is 8.83. The summed E-state index contributed by atoms with van der Waals surface area (Å²) in [5.74, 6) is 0.492. The van der Waals surface area contributed by atoms with Gasteiger partial charge in [0.2, 0.25) is 0 Å². The SMILES string of the molecule is CCCCCCCCCCSC(Cc1ccccc1)CC(NC(=O)O)C(=O)OC. The van der Waals surface area contributed by atoms with E-state index in [0.717, 1.165) is 18.6 Å². The second kappa shape index (κ2) is 16.1. The molecular weight excluding hydrogens is 386 g/mol. The molecule has 0 fully saturated rings. The highest BCUT2D eigenvalue weighted by Gasteiger charge is 2.26. The van der Waals surface area contributed by atoms with Gasteiger partial charge in [0.05, 0.1) is 7.11 Å². The van der Waals surface area contributed by atoms with Crippen molar-refractivity contribution in [2.75, 3.05) is 12.9 Å². The molecule has 164 valence electrons. The lowest BCUT2D eigenvalue weighted by Gasteiger charge is -2.22. The number of nitrogens with one attached hydrogen (secondary N) is 1. The van der Waals surface area contributed by atoms with E-state index in [0.29, 0.717) is 6.42 Å². The normalized spacial score (nSPS) is 12.9. The highest BCUT2D eigenvalue weighted by Crippen LogP contribution is 2.24. The van der Waals surface area contributed by atoms with E-state index in [1.807, 2.05) is 30.0 Å². The first kappa shape index (κ1) is 25.3. The van der Waals surface area contributed by atoms with E-state index in [-0.39, 0.29) is 5.25 Å². The maximum atomic E-state index is 12.0. The van der Waals surface area contributed by atoms with Crippen LogP contribution in [0, 0.1) is 0 Å². The topological polar surface area (TPSA) is 75.6 Å². The number of amides is 1. The largest absolute Gasteiger partial charge is 0.467 e. The zero-order chi connectivity index (χ0) is 21.3. The molecule has 6 heteroatoms. The molecular formula is C23H37NO4S. The molecule has 1 amide bonds. The summed E-state index contributed by atoms with van der Waals surface area (Å²) >= 11 is 1.83. The summed E-state index contributed by atoms with van der Waals surface area (Å²) < 4.78 is 4.79. The molecule has 5 nitrogen and oxygen atoms in total. The molecule has 0 aromatic heterocycles. The molecule has 0 aliphatic heterocycles. The minimum Gasteiger partial charge on any atom is -0.467 e. The van der Waals surface area contributed by atoms with Crippen LogP contribution in [-0.4, -0.2) is 41.3 Å². The molecule has 0 aliphatic rings. The number of benzene rings is 1. The summed E-state index contributed by atoms with van der Waals surface area (Å²) in [6, 6.07) is 9.29. The third-order valence-electron chi connectivity index (χ3n) is 4.94. The van der Waals surface area contributed by atoms with Crippen molar-refractivity contribution >= 4 is 23.8 Å². The number of carbonyl (C=O) groups is 2. The fourth-order valence-corrected chi connectivity index (χ4v) is 4.68. The highest BCUT2D eigenvalue weighted by atomic mass is 32.2. The molecule has 0 saturated carbocycles. The Labute approximate surface area is 180 Å². The summed E-state index contributed by atoms with van der Waals surface area (Å²) in [6.07, 6.45) is 10.3. The molecule has 2 unspecified atom stereocenters. The quantitative estimate of drug-likeness (QED) is 0.265. The lowest BCUT2D eigenvalue weighted by atomic mass is 10.0. The van der Waals surface area contributed by atoms with Crippen molar-refractivity contribution in [1.82, 2.24) is 5.32 Å². The van der Waals surface area contributed by atoms with E-state index in [2.05, 4.69) is 24.4 Å². The van der Waals surface area contributed by atoms with Gasteiger partial charge < -0.3 is 15.2 Å². The summed E-state index contributed by atoms with van der Waals surface area (Å²) in [5.41, 5.74) is 1.19. The predicted molar refractivity (Wildman–Crippen MR) is 121 cm³/mol. The van der Waals surface area contributed by atoms with Gasteiger partial charge in [-0.05, 0) is 30.6 Å². The first-order valence-electron chi connectivity index (χ1n) is 10.8. The van der Waals surface area contributed by atoms with Crippen molar-refractivity contribution in [1.29, 1.82) is 0 Å². The van der Waals surface area contributed by atoms with E-state index < -0.39 is 18.1 Å². The molecule has 0 aliphatic carbocycles. The van der Waals surface area contributed by atoms with Crippen LogP contribution in [-0.2, 0) is 16.0 Å². The van der Waals surface area contributed by atoms with Gasteiger partial charge in [-0.15, -0.1) is 0 Å². The molecule has 0 heterocycles. The highest BCUT2D eigenvalue weighted by molar-refractivity contribution is 7.99. The Morgan fingerprint density at radius 1 is 1.03 bits per heavy atom. The van der Waals surface area contributed by atoms with Gasteiger partial charge in [-0.25, -0.2) is 9.59 Å². The number of carboxylic acid groups (broad SMARTS) is 1. The predicted octanol–water partition coefficient (Wildman–Crippen LogP) is 5.67. The maximum absolute atomic E-state index is 12.0. The summed E-state index contributed by atoms with van der Waals surface area (Å²) in [7, 11) is 1.29. The van der Waals surface area contributed by atoms with Gasteiger partial charge >= 0.3 is 12.1 Å². The first-order valence-corrected chi connectivity index (χ1v) is 11.8. The molecule has 0 radical (unpaired) electrons. The van der Waals surface area contributed by atoms with Gasteiger partial charge in [0.1, 0.15) is 6.04 Å². The minimum absolute atomic E-state index is 0.151. The van der Waals surface area contributed by atoms with Crippen LogP contribution in [0.5, 0.6) is 0 Å². The van der Waals surface area contributed by atoms with E-state index >= 15 is 0 Å². The first-order chi connectivity index (χ1) is 14.1. The zero-order valence-corrected chi connectivity index (χ0v) is 18.7. The number of methoxy groups -OCH3 is 1. The van der Waals surface area contributed by atoms with Crippen LogP contribution in [0.3, 0.4) is 0 Å². The standard InChI is InChI=1S/C23H37NO4S/c1-3-4-5-6-7-8-9-13-16-29-20(17-19-14-11-10-12-15-19)18-21(22(25)28-2)24-23(26)27/h10-12,14-15,20-21,24H,3-9,13,16-18H2,1-2H3,(H,26,27). The lowest BCUT2D eigenvalue weighted by Crippen LogP contribution is -2.42. The Morgan fingerprint density at radius 3 is 2.24 bits per heavy atom. The van der Waals surface area contributed by atoms with Gasteiger partial charge in [-0.3, -0.25) is 0 Å². The van der Waals surface area contributed by atoms with Crippen LogP contribution in [0.15, 0.2) is 30.3 Å². The summed E-state index contributed by atoms with van der Waals surface area (Å²) in [6.45, 7) is 2.24. The Bertz CT molecular complexity index is 567. The van der Waals surface area contributed by atoms with E-state index in [4.69, 9.17) is 9.84 Å². The van der Waals surface area contributed by atoms with Gasteiger partial charge in [-0.2, -0.15) is 11.8 Å². The van der Waals surface area contributed by atoms with Gasteiger partial charge in [0, 0.05) is 5.25 Å². The third kappa shape index (κ3) is 12.5. The van der Waals surface area contributed by atoms with Crippen molar-refractivity contribution < 1.29 is 19.4 Å². The number of ether oxygens (including phenoxy) is 1. The molecule has 1 aromatic carbocycles. The number of hydrogen-bond acceptors (Lipinski definition) is 4. The summed E-state index contributed by atoms with van der Waals surface area (Å²) in [5, 5.41) is 11.5. The average molecular weight is 424 g/mol. The number of carbonyl (C=O) groups excluding carboxylic acids is 1. The molecule has 0 bridgehead atoms. The van der Waals surface area contributed by atoms with Crippen LogP contribution in [0.25, 0.3) is 0 Å². The molecule has 0 saturated heterocycles. The molecule has 1 aromatic rings. The number of esters is 1. The van der Waals surface area contributed by atoms with Crippen molar-refractivity contribution in [3.05, 3.63) is 35.9 Å². The Balaban J connectivity index is 2.50. The molecule has 0 spiro atoms. The molecule has 2 N–H and O–H groups in total. The molecule has 1 rings (SSSR count). The van der Waals surface area contributed by atoms with Crippen LogP contribution in [0.4, 0.5) is 4.79 Å². The van der Waals surface area contributed by atoms with Crippen molar-refractivity contribution in [2.45, 2.75) is 82.4 Å². The number of thioether (sulfide) groups is 1. The van der Waals surface area contributed by atoms with Crippen molar-refractivity contribution in [3.8, 4) is 0 Å². The monoisotopic (exact) mass is 423 g/mol. The van der Waals surface area contributed by atoms with Gasteiger partial charge in [0.25, 0.3) is 0 Å². The molecule has 29 heavy (non-hydrogen) atoms. The average Bonchev–Trinajstić information content (AvgIpc) is 2.71. The van der Waals surface area contributed by atoms with E-state index in [1.165, 1.54) is 57.6 Å². The fraction of sp³-hybridized carbons (Fsp3) is 0.652. The van der Waals surface area contributed by atoms with Crippen LogP contribution >= 0.6 is 11.8 Å². The summed E-state index contributed by atoms with van der Waals surface area (Å²) in [4.78, 5) is 23.1. The fourth-order valence-electron chi connectivity index (χ4n) is 3.34. The number of hydrogen-bond donors (Lipinski definition) is 2. The van der Waals surface area contributed by atoms with Crippen LogP contribution in [0.1, 0.15) is 70.3 Å². The lowest BCUT2D eigenvalue weighted by molar-refractivity contribution is -0.143. The Hall–Kier alpha value is -1.69. The van der Waals surface area contributed by atoms with E-state index in [9.17, 15) is 9.59 Å². The van der Waals surface area contributed by atoms with Crippen LogP contribution in [0.2, 0.25) is 0 Å². The number of rotatable bonds is 16. The zero-order valence-electron chi connectivity index (χ0n) is 17.9. The second-order valence-electron chi connectivity index (χ2n) is 7.42. The third-order valence-corrected chi connectivity index (χ3v) is 6.29.